The SMILES string of the molecule is O=C(NCCC1=CCCCC1)c1nc(-n2cnnc2)ccc1Br. The van der Waals surface area contributed by atoms with E-state index in [0.717, 1.165) is 19.3 Å². The van der Waals surface area contributed by atoms with Gasteiger partial charge in [-0.3, -0.25) is 9.36 Å². The molecule has 6 nitrogen and oxygen atoms in total. The van der Waals surface area contributed by atoms with Gasteiger partial charge in [0.05, 0.1) is 0 Å². The molecule has 23 heavy (non-hydrogen) atoms. The van der Waals surface area contributed by atoms with Gasteiger partial charge in [-0.15, -0.1) is 10.2 Å². The fourth-order valence-corrected chi connectivity index (χ4v) is 3.01. The molecule has 1 aliphatic carbocycles. The molecule has 0 saturated carbocycles. The predicted molar refractivity (Wildman–Crippen MR) is 90.4 cm³/mol. The molecule has 0 unspecified atom stereocenters. The molecule has 0 saturated heterocycles. The summed E-state index contributed by atoms with van der Waals surface area (Å²) in [5.74, 6) is 0.432. The Labute approximate surface area is 143 Å². The highest BCUT2D eigenvalue weighted by Gasteiger charge is 2.14. The van der Waals surface area contributed by atoms with E-state index >= 15 is 0 Å². The van der Waals surface area contributed by atoms with Gasteiger partial charge < -0.3 is 5.32 Å². The zero-order valence-electron chi connectivity index (χ0n) is 12.7. The monoisotopic (exact) mass is 375 g/mol. The molecule has 2 heterocycles. The molecule has 0 radical (unpaired) electrons. The normalized spacial score (nSPS) is 14.4. The first-order valence-electron chi connectivity index (χ1n) is 7.71. The van der Waals surface area contributed by atoms with Gasteiger partial charge in [-0.25, -0.2) is 4.98 Å². The van der Waals surface area contributed by atoms with E-state index in [1.807, 2.05) is 0 Å². The lowest BCUT2D eigenvalue weighted by molar-refractivity contribution is 0.0948. The number of nitrogens with zero attached hydrogens (tertiary/aromatic N) is 4. The van der Waals surface area contributed by atoms with Crippen molar-refractivity contribution in [1.29, 1.82) is 0 Å². The summed E-state index contributed by atoms with van der Waals surface area (Å²) in [6.45, 7) is 0.635. The van der Waals surface area contributed by atoms with Crippen LogP contribution in [0.2, 0.25) is 0 Å². The zero-order chi connectivity index (χ0) is 16.1. The molecule has 2 aromatic heterocycles. The van der Waals surface area contributed by atoms with Crippen molar-refractivity contribution in [2.24, 2.45) is 0 Å². The topological polar surface area (TPSA) is 72.7 Å². The molecule has 3 rings (SSSR count). The van der Waals surface area contributed by atoms with Crippen molar-refractivity contribution in [2.45, 2.75) is 32.1 Å². The fourth-order valence-electron chi connectivity index (χ4n) is 2.61. The summed E-state index contributed by atoms with van der Waals surface area (Å²) in [4.78, 5) is 16.8. The maximum absolute atomic E-state index is 12.4. The first kappa shape index (κ1) is 15.9. The first-order chi connectivity index (χ1) is 11.2. The summed E-state index contributed by atoms with van der Waals surface area (Å²) in [5, 5.41) is 10.4. The van der Waals surface area contributed by atoms with Crippen LogP contribution in [-0.2, 0) is 0 Å². The number of hydrogen-bond donors (Lipinski definition) is 1. The lowest BCUT2D eigenvalue weighted by Crippen LogP contribution is -2.26. The molecule has 1 amide bonds. The van der Waals surface area contributed by atoms with E-state index in [0.29, 0.717) is 22.5 Å². The smallest absolute Gasteiger partial charge is 0.271 e. The third-order valence-corrected chi connectivity index (χ3v) is 4.49. The molecule has 0 fully saturated rings. The fraction of sp³-hybridized carbons (Fsp3) is 0.375. The van der Waals surface area contributed by atoms with Gasteiger partial charge in [0, 0.05) is 11.0 Å². The number of carbonyl (C=O) groups is 1. The number of carbonyl (C=O) groups excluding carboxylic acids is 1. The molecular formula is C16H18BrN5O. The molecule has 0 aromatic carbocycles. The number of halogens is 1. The Morgan fingerprint density at radius 2 is 2.09 bits per heavy atom. The van der Waals surface area contributed by atoms with Gasteiger partial charge in [-0.1, -0.05) is 11.6 Å². The van der Waals surface area contributed by atoms with Gasteiger partial charge in [-0.2, -0.15) is 0 Å². The maximum Gasteiger partial charge on any atom is 0.271 e. The minimum Gasteiger partial charge on any atom is -0.350 e. The van der Waals surface area contributed by atoms with Gasteiger partial charge in [0.2, 0.25) is 0 Å². The van der Waals surface area contributed by atoms with E-state index in [9.17, 15) is 4.79 Å². The summed E-state index contributed by atoms with van der Waals surface area (Å²) in [5.41, 5.74) is 1.82. The number of hydrogen-bond acceptors (Lipinski definition) is 4. The molecular weight excluding hydrogens is 358 g/mol. The van der Waals surface area contributed by atoms with Crippen molar-refractivity contribution < 1.29 is 4.79 Å². The van der Waals surface area contributed by atoms with E-state index in [4.69, 9.17) is 0 Å². The second-order valence-electron chi connectivity index (χ2n) is 5.48. The van der Waals surface area contributed by atoms with Crippen LogP contribution in [0.4, 0.5) is 0 Å². The molecule has 1 N–H and O–H groups in total. The predicted octanol–water partition coefficient (Wildman–Crippen LogP) is 3.05. The van der Waals surface area contributed by atoms with Crippen LogP contribution in [0, 0.1) is 0 Å². The number of aromatic nitrogens is 4. The largest absolute Gasteiger partial charge is 0.350 e. The Morgan fingerprint density at radius 3 is 2.83 bits per heavy atom. The minimum atomic E-state index is -0.178. The van der Waals surface area contributed by atoms with E-state index in [1.54, 1.807) is 29.4 Å². The number of amides is 1. The van der Waals surface area contributed by atoms with Gasteiger partial charge >= 0.3 is 0 Å². The van der Waals surface area contributed by atoms with Crippen LogP contribution in [0.25, 0.3) is 5.82 Å². The van der Waals surface area contributed by atoms with Gasteiger partial charge in [0.25, 0.3) is 5.91 Å². The highest BCUT2D eigenvalue weighted by atomic mass is 79.9. The maximum atomic E-state index is 12.4. The lowest BCUT2D eigenvalue weighted by Gasteiger charge is -2.13. The van der Waals surface area contributed by atoms with Gasteiger partial charge in [0.15, 0.2) is 0 Å². The molecule has 1 aliphatic rings. The van der Waals surface area contributed by atoms with Crippen molar-refractivity contribution >= 4 is 21.8 Å². The Bertz CT molecular complexity index is 711. The quantitative estimate of drug-likeness (QED) is 0.815. The van der Waals surface area contributed by atoms with E-state index in [-0.39, 0.29) is 5.91 Å². The highest BCUT2D eigenvalue weighted by Crippen LogP contribution is 2.20. The lowest BCUT2D eigenvalue weighted by atomic mass is 9.97. The Kier molecular flexibility index (Phi) is 5.17. The first-order valence-corrected chi connectivity index (χ1v) is 8.51. The molecule has 120 valence electrons. The summed E-state index contributed by atoms with van der Waals surface area (Å²) in [6.07, 6.45) is 11.2. The van der Waals surface area contributed by atoms with Crippen molar-refractivity contribution in [1.82, 2.24) is 25.1 Å². The Hall–Kier alpha value is -2.02. The minimum absolute atomic E-state index is 0.178. The van der Waals surface area contributed by atoms with Gasteiger partial charge in [-0.05, 0) is 60.2 Å². The van der Waals surface area contributed by atoms with Crippen LogP contribution in [0.1, 0.15) is 42.6 Å². The van der Waals surface area contributed by atoms with Crippen LogP contribution < -0.4 is 5.32 Å². The second kappa shape index (κ2) is 7.50. The summed E-state index contributed by atoms with van der Waals surface area (Å²) in [7, 11) is 0. The van der Waals surface area contributed by atoms with Gasteiger partial charge in [0.1, 0.15) is 24.2 Å². The highest BCUT2D eigenvalue weighted by molar-refractivity contribution is 9.10. The zero-order valence-corrected chi connectivity index (χ0v) is 14.3. The number of nitrogens with one attached hydrogen (secondary N) is 1. The van der Waals surface area contributed by atoms with Crippen molar-refractivity contribution in [3.8, 4) is 5.82 Å². The van der Waals surface area contributed by atoms with Crippen molar-refractivity contribution in [3.05, 3.63) is 46.6 Å². The van der Waals surface area contributed by atoms with E-state index < -0.39 is 0 Å². The van der Waals surface area contributed by atoms with Crippen LogP contribution in [0.15, 0.2) is 40.9 Å². The Morgan fingerprint density at radius 1 is 1.26 bits per heavy atom. The van der Waals surface area contributed by atoms with Crippen molar-refractivity contribution in [2.75, 3.05) is 6.54 Å². The Balaban J connectivity index is 1.64. The molecule has 2 aromatic rings. The van der Waals surface area contributed by atoms with Crippen molar-refractivity contribution in [3.63, 3.8) is 0 Å². The van der Waals surface area contributed by atoms with E-state index in [1.165, 1.54) is 18.4 Å². The molecule has 0 bridgehead atoms. The average Bonchev–Trinajstić information content (AvgIpc) is 3.10. The molecule has 0 aliphatic heterocycles. The summed E-state index contributed by atoms with van der Waals surface area (Å²) < 4.78 is 2.33. The third-order valence-electron chi connectivity index (χ3n) is 3.85. The van der Waals surface area contributed by atoms with Crippen LogP contribution >= 0.6 is 15.9 Å². The average molecular weight is 376 g/mol. The molecule has 0 atom stereocenters. The second-order valence-corrected chi connectivity index (χ2v) is 6.34. The molecule has 7 heteroatoms. The van der Waals surface area contributed by atoms with Crippen LogP contribution in [-0.4, -0.2) is 32.2 Å². The number of pyridine rings is 1. The third kappa shape index (κ3) is 4.04. The summed E-state index contributed by atoms with van der Waals surface area (Å²) in [6, 6.07) is 3.61. The summed E-state index contributed by atoms with van der Waals surface area (Å²) >= 11 is 3.39. The number of allylic oxidation sites excluding steroid dienone is 1. The van der Waals surface area contributed by atoms with Crippen LogP contribution in [0.3, 0.4) is 0 Å². The number of rotatable bonds is 5. The van der Waals surface area contributed by atoms with Crippen LogP contribution in [0.5, 0.6) is 0 Å². The molecule has 0 spiro atoms. The standard InChI is InChI=1S/C16H18BrN5O/c17-13-6-7-14(22-10-19-20-11-22)21-15(13)16(23)18-9-8-12-4-2-1-3-5-12/h4,6-7,10-11H,1-3,5,8-9H2,(H,18,23). The van der Waals surface area contributed by atoms with E-state index in [2.05, 4.69) is 42.5 Å².